The Morgan fingerprint density at radius 2 is 1.70 bits per heavy atom. The number of halogens is 3. The van der Waals surface area contributed by atoms with Crippen molar-refractivity contribution in [2.45, 2.75) is 45.1 Å². The first-order valence-electron chi connectivity index (χ1n) is 9.84. The molecule has 1 aliphatic rings. The zero-order valence-electron chi connectivity index (χ0n) is 17.4. The molecule has 0 saturated heterocycles. The Hall–Kier alpha value is -1.76. The van der Waals surface area contributed by atoms with Gasteiger partial charge in [0.1, 0.15) is 17.5 Å². The normalized spacial score (nSPS) is 18.3. The van der Waals surface area contributed by atoms with Crippen LogP contribution >= 0.6 is 35.6 Å². The van der Waals surface area contributed by atoms with Crippen molar-refractivity contribution >= 4 is 58.8 Å². The third-order valence-electron chi connectivity index (χ3n) is 5.10. The van der Waals surface area contributed by atoms with Gasteiger partial charge in [-0.15, -0.1) is 12.4 Å². The summed E-state index contributed by atoms with van der Waals surface area (Å²) in [5, 5.41) is 7.46. The van der Waals surface area contributed by atoms with Crippen molar-refractivity contribution < 1.29 is 4.79 Å². The lowest BCUT2D eigenvalue weighted by Gasteiger charge is -2.29. The molecule has 1 aliphatic carbocycles. The highest BCUT2D eigenvalue weighted by Crippen LogP contribution is 2.30. The van der Waals surface area contributed by atoms with Gasteiger partial charge in [-0.2, -0.15) is 0 Å². The predicted octanol–water partition coefficient (Wildman–Crippen LogP) is 5.58. The lowest BCUT2D eigenvalue weighted by atomic mass is 9.84. The smallest absolute Gasteiger partial charge is 0.224 e. The van der Waals surface area contributed by atoms with E-state index in [0.29, 0.717) is 34.1 Å². The molecular formula is C21H28Cl3N5O. The number of hydrogen-bond donors (Lipinski definition) is 2. The van der Waals surface area contributed by atoms with Crippen LogP contribution in [0, 0.1) is 12.8 Å². The molecule has 1 fully saturated rings. The zero-order chi connectivity index (χ0) is 21.0. The van der Waals surface area contributed by atoms with Gasteiger partial charge in [-0.1, -0.05) is 23.2 Å². The maximum Gasteiger partial charge on any atom is 0.224 e. The van der Waals surface area contributed by atoms with Gasteiger partial charge in [-0.3, -0.25) is 4.79 Å². The molecular weight excluding hydrogens is 445 g/mol. The van der Waals surface area contributed by atoms with Crippen LogP contribution in [0.2, 0.25) is 10.0 Å². The zero-order valence-corrected chi connectivity index (χ0v) is 19.7. The first kappa shape index (κ1) is 24.5. The van der Waals surface area contributed by atoms with E-state index in [-0.39, 0.29) is 18.3 Å². The maximum atomic E-state index is 12.4. The Balaban J connectivity index is 0.00000320. The van der Waals surface area contributed by atoms with Crippen LogP contribution in [0.15, 0.2) is 24.3 Å². The van der Waals surface area contributed by atoms with E-state index in [0.717, 1.165) is 43.1 Å². The molecule has 0 spiro atoms. The first-order chi connectivity index (χ1) is 13.8. The molecule has 0 radical (unpaired) electrons. The molecule has 0 aliphatic heterocycles. The first-order valence-corrected chi connectivity index (χ1v) is 10.6. The minimum atomic E-state index is 0. The number of anilines is 3. The molecule has 1 amide bonds. The lowest BCUT2D eigenvalue weighted by Crippen LogP contribution is -2.28. The number of nitrogens with zero attached hydrogens (tertiary/aromatic N) is 3. The Labute approximate surface area is 194 Å². The van der Waals surface area contributed by atoms with E-state index >= 15 is 0 Å². The monoisotopic (exact) mass is 471 g/mol. The number of hydrogen-bond acceptors (Lipinski definition) is 5. The number of benzene rings is 1. The van der Waals surface area contributed by atoms with E-state index in [2.05, 4.69) is 20.6 Å². The summed E-state index contributed by atoms with van der Waals surface area (Å²) in [5.74, 6) is 2.89. The summed E-state index contributed by atoms with van der Waals surface area (Å²) in [6.45, 7) is 1.90. The summed E-state index contributed by atoms with van der Waals surface area (Å²) >= 11 is 12.0. The second-order valence-electron chi connectivity index (χ2n) is 7.83. The van der Waals surface area contributed by atoms with Crippen LogP contribution in [0.4, 0.5) is 17.3 Å². The van der Waals surface area contributed by atoms with Gasteiger partial charge < -0.3 is 15.5 Å². The molecule has 30 heavy (non-hydrogen) atoms. The largest absolute Gasteiger partial charge is 0.367 e. The van der Waals surface area contributed by atoms with Crippen LogP contribution < -0.4 is 15.5 Å². The Morgan fingerprint density at radius 3 is 2.30 bits per heavy atom. The summed E-state index contributed by atoms with van der Waals surface area (Å²) in [6.07, 6.45) is 4.55. The van der Waals surface area contributed by atoms with Gasteiger partial charge in [-0.25, -0.2) is 9.97 Å². The molecule has 0 atom stereocenters. The third-order valence-corrected chi connectivity index (χ3v) is 5.54. The van der Waals surface area contributed by atoms with Crippen LogP contribution in [0.1, 0.15) is 37.9 Å². The summed E-state index contributed by atoms with van der Waals surface area (Å²) in [5.41, 5.74) is 0.638. The SMILES string of the molecule is Cc1nc(NC2CCC(CC(=O)Nc3cc(Cl)cc(Cl)c3)CC2)cc(N(C)C)n1.Cl. The van der Waals surface area contributed by atoms with Gasteiger partial charge in [0.05, 0.1) is 0 Å². The number of rotatable bonds is 6. The van der Waals surface area contributed by atoms with Crippen molar-refractivity contribution in [3.63, 3.8) is 0 Å². The van der Waals surface area contributed by atoms with Crippen molar-refractivity contribution in [2.75, 3.05) is 29.6 Å². The van der Waals surface area contributed by atoms with Crippen molar-refractivity contribution in [2.24, 2.45) is 5.92 Å². The molecule has 1 heterocycles. The van der Waals surface area contributed by atoms with Gasteiger partial charge in [0, 0.05) is 48.4 Å². The molecule has 2 N–H and O–H groups in total. The Morgan fingerprint density at radius 1 is 1.07 bits per heavy atom. The number of carbonyl (C=O) groups is 1. The number of aromatic nitrogens is 2. The molecule has 1 aromatic carbocycles. The van der Waals surface area contributed by atoms with Gasteiger partial charge in [0.2, 0.25) is 5.91 Å². The van der Waals surface area contributed by atoms with Crippen LogP contribution in [0.5, 0.6) is 0 Å². The van der Waals surface area contributed by atoms with E-state index in [9.17, 15) is 4.79 Å². The molecule has 1 aromatic heterocycles. The Kier molecular flexibility index (Phi) is 9.01. The maximum absolute atomic E-state index is 12.4. The number of amides is 1. The predicted molar refractivity (Wildman–Crippen MR) is 127 cm³/mol. The second kappa shape index (κ2) is 11.0. The van der Waals surface area contributed by atoms with Gasteiger partial charge >= 0.3 is 0 Å². The van der Waals surface area contributed by atoms with Crippen LogP contribution in [0.3, 0.4) is 0 Å². The highest BCUT2D eigenvalue weighted by atomic mass is 35.5. The van der Waals surface area contributed by atoms with E-state index < -0.39 is 0 Å². The van der Waals surface area contributed by atoms with Crippen molar-refractivity contribution in [3.05, 3.63) is 40.1 Å². The molecule has 3 rings (SSSR count). The average molecular weight is 473 g/mol. The second-order valence-corrected chi connectivity index (χ2v) is 8.70. The summed E-state index contributed by atoms with van der Waals surface area (Å²) in [4.78, 5) is 23.3. The Bertz CT molecular complexity index is 849. The highest BCUT2D eigenvalue weighted by Gasteiger charge is 2.23. The van der Waals surface area contributed by atoms with Crippen molar-refractivity contribution in [1.29, 1.82) is 0 Å². The highest BCUT2D eigenvalue weighted by molar-refractivity contribution is 6.35. The van der Waals surface area contributed by atoms with Gasteiger partial charge in [0.25, 0.3) is 0 Å². The molecule has 6 nitrogen and oxygen atoms in total. The molecule has 2 aromatic rings. The number of carbonyl (C=O) groups excluding carboxylic acids is 1. The lowest BCUT2D eigenvalue weighted by molar-refractivity contribution is -0.117. The van der Waals surface area contributed by atoms with Crippen molar-refractivity contribution in [3.8, 4) is 0 Å². The summed E-state index contributed by atoms with van der Waals surface area (Å²) in [7, 11) is 3.94. The quantitative estimate of drug-likeness (QED) is 0.574. The third kappa shape index (κ3) is 7.18. The van der Waals surface area contributed by atoms with E-state index in [4.69, 9.17) is 23.2 Å². The standard InChI is InChI=1S/C21H27Cl2N5O.ClH/c1-13-24-19(12-20(25-13)28(2)3)26-17-6-4-14(5-7-17)8-21(29)27-18-10-15(22)9-16(23)11-18;/h9-12,14,17H,4-8H2,1-3H3,(H,27,29)(H,24,25,26);1H. The molecule has 164 valence electrons. The fourth-order valence-electron chi connectivity index (χ4n) is 3.68. The van der Waals surface area contributed by atoms with Crippen molar-refractivity contribution in [1.82, 2.24) is 9.97 Å². The summed E-state index contributed by atoms with van der Waals surface area (Å²) < 4.78 is 0. The van der Waals surface area contributed by atoms with Crippen LogP contribution in [-0.2, 0) is 4.79 Å². The average Bonchev–Trinajstić information content (AvgIpc) is 2.62. The number of nitrogens with one attached hydrogen (secondary N) is 2. The van der Waals surface area contributed by atoms with E-state index in [1.54, 1.807) is 18.2 Å². The molecule has 9 heteroatoms. The molecule has 0 unspecified atom stereocenters. The summed E-state index contributed by atoms with van der Waals surface area (Å²) in [6, 6.07) is 7.40. The van der Waals surface area contributed by atoms with Gasteiger partial charge in [0.15, 0.2) is 0 Å². The van der Waals surface area contributed by atoms with Crippen LogP contribution in [-0.4, -0.2) is 36.0 Å². The fraction of sp³-hybridized carbons (Fsp3) is 0.476. The number of aryl methyl sites for hydroxylation is 1. The minimum absolute atomic E-state index is 0. The topological polar surface area (TPSA) is 70.2 Å². The minimum Gasteiger partial charge on any atom is -0.367 e. The van der Waals surface area contributed by atoms with Gasteiger partial charge in [-0.05, 0) is 56.7 Å². The molecule has 1 saturated carbocycles. The van der Waals surface area contributed by atoms with E-state index in [1.165, 1.54) is 0 Å². The fourth-order valence-corrected chi connectivity index (χ4v) is 4.20. The van der Waals surface area contributed by atoms with E-state index in [1.807, 2.05) is 32.0 Å². The van der Waals surface area contributed by atoms with Crippen LogP contribution in [0.25, 0.3) is 0 Å². The molecule has 0 bridgehead atoms.